The first-order valence-corrected chi connectivity index (χ1v) is 6.34. The Kier molecular flexibility index (Phi) is 3.06. The minimum Gasteiger partial charge on any atom is -0.422 e. The van der Waals surface area contributed by atoms with E-state index < -0.39 is 10.5 Å². The van der Waals surface area contributed by atoms with E-state index in [1.807, 2.05) is 20.0 Å². The molecule has 3 aromatic rings. The molecule has 0 radical (unpaired) electrons. The monoisotopic (exact) mass is 279 g/mol. The summed E-state index contributed by atoms with van der Waals surface area (Å²) >= 11 is 0. The van der Waals surface area contributed by atoms with Crippen molar-refractivity contribution < 1.29 is 9.34 Å². The van der Waals surface area contributed by atoms with Gasteiger partial charge in [0.1, 0.15) is 13.4 Å². The molecule has 3 rings (SSSR count). The van der Waals surface area contributed by atoms with Crippen molar-refractivity contribution in [2.75, 3.05) is 0 Å². The molecule has 0 saturated heterocycles. The van der Waals surface area contributed by atoms with Crippen molar-refractivity contribution in [3.05, 3.63) is 69.1 Å². The van der Waals surface area contributed by atoms with E-state index in [4.69, 9.17) is 4.42 Å². The van der Waals surface area contributed by atoms with Crippen LogP contribution in [0.25, 0.3) is 22.1 Å². The molecule has 0 aliphatic heterocycles. The lowest BCUT2D eigenvalue weighted by atomic mass is 9.94. The van der Waals surface area contributed by atoms with Crippen molar-refractivity contribution in [2.24, 2.45) is 0 Å². The molecule has 0 spiro atoms. The van der Waals surface area contributed by atoms with Crippen molar-refractivity contribution in [1.82, 2.24) is 0 Å². The van der Waals surface area contributed by atoms with Crippen molar-refractivity contribution in [3.63, 3.8) is 0 Å². The van der Waals surface area contributed by atoms with Crippen molar-refractivity contribution in [3.8, 4) is 11.1 Å². The zero-order chi connectivity index (χ0) is 15.0. The maximum Gasteiger partial charge on any atom is 0.344 e. The van der Waals surface area contributed by atoms with Crippen LogP contribution in [0.15, 0.2) is 57.7 Å². The van der Waals surface area contributed by atoms with Crippen LogP contribution in [0.2, 0.25) is 0 Å². The number of nitro benzene ring substituents is 1. The highest BCUT2D eigenvalue weighted by atomic mass is 16.6. The Morgan fingerprint density at radius 1 is 1.05 bits per heavy atom. The number of fused-ring (bicyclic) bond motifs is 1. The standard InChI is InChI=1S/C15H10BNO4/c16-11-3-6-14-10(7-11)8-13(15(18)21-14)9-1-4-12(5-2-9)17(19)20/h1-8H,16H2. The minimum absolute atomic E-state index is 0.0141. The number of hydrogen-bond donors (Lipinski definition) is 0. The molecule has 0 saturated carbocycles. The molecule has 102 valence electrons. The molecule has 1 aromatic heterocycles. The predicted octanol–water partition coefficient (Wildman–Crippen LogP) is 1.63. The molecule has 0 unspecified atom stereocenters. The fourth-order valence-electron chi connectivity index (χ4n) is 2.21. The molecule has 2 aromatic carbocycles. The Balaban J connectivity index is 2.17. The zero-order valence-corrected chi connectivity index (χ0v) is 11.2. The summed E-state index contributed by atoms with van der Waals surface area (Å²) in [5.74, 6) is 0. The third-order valence-electron chi connectivity index (χ3n) is 3.28. The normalized spacial score (nSPS) is 10.7. The lowest BCUT2D eigenvalue weighted by molar-refractivity contribution is -0.384. The Hall–Kier alpha value is -2.89. The Morgan fingerprint density at radius 3 is 2.43 bits per heavy atom. The molecule has 0 N–H and O–H groups in total. The average molecular weight is 279 g/mol. The Morgan fingerprint density at radius 2 is 1.76 bits per heavy atom. The van der Waals surface area contributed by atoms with E-state index in [2.05, 4.69) is 0 Å². The Bertz CT molecular complexity index is 900. The van der Waals surface area contributed by atoms with E-state index >= 15 is 0 Å². The van der Waals surface area contributed by atoms with Crippen LogP contribution in [0.4, 0.5) is 5.69 Å². The van der Waals surface area contributed by atoms with E-state index in [-0.39, 0.29) is 5.69 Å². The summed E-state index contributed by atoms with van der Waals surface area (Å²) in [5, 5.41) is 11.5. The van der Waals surface area contributed by atoms with Gasteiger partial charge in [-0.2, -0.15) is 0 Å². The van der Waals surface area contributed by atoms with Crippen LogP contribution in [-0.4, -0.2) is 12.8 Å². The van der Waals surface area contributed by atoms with Gasteiger partial charge >= 0.3 is 5.63 Å². The average Bonchev–Trinajstić information content (AvgIpc) is 2.47. The van der Waals surface area contributed by atoms with Gasteiger partial charge < -0.3 is 4.42 Å². The van der Waals surface area contributed by atoms with Gasteiger partial charge in [0.05, 0.1) is 10.5 Å². The third kappa shape index (κ3) is 2.43. The van der Waals surface area contributed by atoms with Crippen LogP contribution in [0.5, 0.6) is 0 Å². The van der Waals surface area contributed by atoms with Gasteiger partial charge in [0.25, 0.3) is 5.69 Å². The molecule has 6 heteroatoms. The van der Waals surface area contributed by atoms with Crippen molar-refractivity contribution >= 4 is 30.0 Å². The number of hydrogen-bond acceptors (Lipinski definition) is 4. The van der Waals surface area contributed by atoms with Gasteiger partial charge in [-0.15, -0.1) is 0 Å². The summed E-state index contributed by atoms with van der Waals surface area (Å²) in [6, 6.07) is 13.1. The molecule has 21 heavy (non-hydrogen) atoms. The first-order chi connectivity index (χ1) is 10.0. The van der Waals surface area contributed by atoms with Gasteiger partial charge in [0.2, 0.25) is 0 Å². The predicted molar refractivity (Wildman–Crippen MR) is 82.8 cm³/mol. The van der Waals surface area contributed by atoms with Gasteiger partial charge in [0.15, 0.2) is 0 Å². The molecule has 0 amide bonds. The molecule has 0 aliphatic carbocycles. The molecular formula is C15H10BNO4. The summed E-state index contributed by atoms with van der Waals surface area (Å²) in [5.41, 5.74) is 2.10. The fourth-order valence-corrected chi connectivity index (χ4v) is 2.21. The number of non-ortho nitro benzene ring substituents is 1. The van der Waals surface area contributed by atoms with Crippen LogP contribution in [0.1, 0.15) is 0 Å². The maximum atomic E-state index is 12.0. The first-order valence-electron chi connectivity index (χ1n) is 6.34. The summed E-state index contributed by atoms with van der Waals surface area (Å²) in [6.07, 6.45) is 0. The van der Waals surface area contributed by atoms with Crippen LogP contribution in [-0.2, 0) is 0 Å². The van der Waals surface area contributed by atoms with E-state index in [1.54, 1.807) is 24.3 Å². The van der Waals surface area contributed by atoms with Gasteiger partial charge in [-0.3, -0.25) is 10.1 Å². The highest BCUT2D eigenvalue weighted by molar-refractivity contribution is 6.33. The zero-order valence-electron chi connectivity index (χ0n) is 11.2. The van der Waals surface area contributed by atoms with Gasteiger partial charge in [-0.25, -0.2) is 4.79 Å². The lowest BCUT2D eigenvalue weighted by Crippen LogP contribution is -2.05. The van der Waals surface area contributed by atoms with E-state index in [1.165, 1.54) is 12.1 Å². The van der Waals surface area contributed by atoms with Gasteiger partial charge in [-0.1, -0.05) is 17.6 Å². The Labute approximate surface area is 120 Å². The number of nitro groups is 1. The molecule has 1 heterocycles. The largest absolute Gasteiger partial charge is 0.422 e. The number of benzene rings is 2. The summed E-state index contributed by atoms with van der Waals surface area (Å²) < 4.78 is 5.29. The lowest BCUT2D eigenvalue weighted by Gasteiger charge is -2.03. The quantitative estimate of drug-likeness (QED) is 0.309. The topological polar surface area (TPSA) is 73.3 Å². The summed E-state index contributed by atoms with van der Waals surface area (Å²) in [7, 11) is 1.95. The molecule has 0 atom stereocenters. The smallest absolute Gasteiger partial charge is 0.344 e. The van der Waals surface area contributed by atoms with Crippen LogP contribution < -0.4 is 11.1 Å². The SMILES string of the molecule is Bc1ccc2oc(=O)c(-c3ccc([N+](=O)[O-])cc3)cc2c1. The third-order valence-corrected chi connectivity index (χ3v) is 3.28. The van der Waals surface area contributed by atoms with E-state index in [9.17, 15) is 14.9 Å². The second kappa shape index (κ2) is 4.90. The maximum absolute atomic E-state index is 12.0. The van der Waals surface area contributed by atoms with E-state index in [0.717, 1.165) is 10.8 Å². The highest BCUT2D eigenvalue weighted by Gasteiger charge is 2.10. The van der Waals surface area contributed by atoms with Gasteiger partial charge in [-0.05, 0) is 29.8 Å². The minimum atomic E-state index is -0.476. The van der Waals surface area contributed by atoms with Crippen LogP contribution >= 0.6 is 0 Å². The number of nitrogens with zero attached hydrogens (tertiary/aromatic N) is 1. The molecular weight excluding hydrogens is 269 g/mol. The van der Waals surface area contributed by atoms with Crippen LogP contribution in [0, 0.1) is 10.1 Å². The molecule has 0 aliphatic rings. The number of rotatable bonds is 2. The van der Waals surface area contributed by atoms with E-state index in [0.29, 0.717) is 16.7 Å². The molecule has 0 fully saturated rings. The molecule has 0 bridgehead atoms. The summed E-state index contributed by atoms with van der Waals surface area (Å²) in [4.78, 5) is 22.2. The second-order valence-electron chi connectivity index (χ2n) is 4.79. The van der Waals surface area contributed by atoms with Gasteiger partial charge in [0, 0.05) is 17.5 Å². The molecule has 5 nitrogen and oxygen atoms in total. The summed E-state index contributed by atoms with van der Waals surface area (Å²) in [6.45, 7) is 0. The van der Waals surface area contributed by atoms with Crippen molar-refractivity contribution in [2.45, 2.75) is 0 Å². The van der Waals surface area contributed by atoms with Crippen LogP contribution in [0.3, 0.4) is 0 Å². The van der Waals surface area contributed by atoms with Crippen molar-refractivity contribution in [1.29, 1.82) is 0 Å². The first kappa shape index (κ1) is 13.1. The highest BCUT2D eigenvalue weighted by Crippen LogP contribution is 2.22. The second-order valence-corrected chi connectivity index (χ2v) is 4.79. The fraction of sp³-hybridized carbons (Fsp3) is 0.